The van der Waals surface area contributed by atoms with Gasteiger partial charge in [0.2, 0.25) is 0 Å². The maximum absolute atomic E-state index is 12.7. The van der Waals surface area contributed by atoms with Crippen molar-refractivity contribution in [2.75, 3.05) is 12.4 Å². The number of carbonyl (C=O) groups is 2. The Kier molecular flexibility index (Phi) is 5.87. The number of anilines is 1. The van der Waals surface area contributed by atoms with Gasteiger partial charge in [-0.25, -0.2) is 4.79 Å². The van der Waals surface area contributed by atoms with Gasteiger partial charge in [0.05, 0.1) is 17.7 Å². The molecule has 1 N–H and O–H groups in total. The van der Waals surface area contributed by atoms with E-state index >= 15 is 0 Å². The van der Waals surface area contributed by atoms with Crippen LogP contribution in [0.3, 0.4) is 0 Å². The summed E-state index contributed by atoms with van der Waals surface area (Å²) in [6.45, 7) is 5.99. The lowest BCUT2D eigenvalue weighted by molar-refractivity contribution is 0.0603. The summed E-state index contributed by atoms with van der Waals surface area (Å²) in [7, 11) is 1.33. The molecule has 1 aromatic heterocycles. The van der Waals surface area contributed by atoms with Gasteiger partial charge in [-0.05, 0) is 49.6 Å². The van der Waals surface area contributed by atoms with Gasteiger partial charge in [-0.1, -0.05) is 41.9 Å². The van der Waals surface area contributed by atoms with Crippen molar-refractivity contribution in [1.82, 2.24) is 0 Å². The molecule has 0 spiro atoms. The first-order chi connectivity index (χ1) is 13.3. The van der Waals surface area contributed by atoms with Crippen LogP contribution in [-0.2, 0) is 4.74 Å². The van der Waals surface area contributed by atoms with Crippen LogP contribution >= 0.6 is 22.9 Å². The Bertz CT molecular complexity index is 1070. The van der Waals surface area contributed by atoms with E-state index in [0.29, 0.717) is 21.2 Å². The summed E-state index contributed by atoms with van der Waals surface area (Å²) >= 11 is 7.47. The molecule has 1 heterocycles. The van der Waals surface area contributed by atoms with E-state index < -0.39 is 5.97 Å². The number of esters is 1. The van der Waals surface area contributed by atoms with Gasteiger partial charge in [0, 0.05) is 10.4 Å². The van der Waals surface area contributed by atoms with E-state index in [1.165, 1.54) is 24.0 Å². The molecule has 3 rings (SSSR count). The molecule has 0 saturated carbocycles. The summed E-state index contributed by atoms with van der Waals surface area (Å²) in [6.07, 6.45) is 0. The number of thiophene rings is 1. The van der Waals surface area contributed by atoms with E-state index in [1.807, 2.05) is 39.0 Å². The first kappa shape index (κ1) is 20.1. The summed E-state index contributed by atoms with van der Waals surface area (Å²) in [5.74, 6) is -0.865. The molecule has 0 aliphatic rings. The minimum Gasteiger partial charge on any atom is -0.465 e. The maximum atomic E-state index is 12.7. The lowest BCUT2D eigenvalue weighted by atomic mass is 9.97. The minimum absolute atomic E-state index is 0.346. The standard InChI is InChI=1S/C22H20ClNO3S/c1-12-9-10-15(11-13(12)2)18-14(3)28-21(19(18)22(26)27-4)24-20(25)16-7-5-6-8-17(16)23/h5-11H,1-4H3,(H,24,25). The van der Waals surface area contributed by atoms with Crippen molar-refractivity contribution < 1.29 is 14.3 Å². The molecule has 0 aliphatic heterocycles. The lowest BCUT2D eigenvalue weighted by Gasteiger charge is -2.10. The summed E-state index contributed by atoms with van der Waals surface area (Å²) in [5, 5.41) is 3.63. The van der Waals surface area contributed by atoms with Crippen molar-refractivity contribution in [1.29, 1.82) is 0 Å². The van der Waals surface area contributed by atoms with Crippen LogP contribution in [0.2, 0.25) is 5.02 Å². The van der Waals surface area contributed by atoms with Gasteiger partial charge in [0.15, 0.2) is 0 Å². The number of ether oxygens (including phenoxy) is 1. The minimum atomic E-state index is -0.493. The lowest BCUT2D eigenvalue weighted by Crippen LogP contribution is -2.14. The topological polar surface area (TPSA) is 55.4 Å². The zero-order valence-corrected chi connectivity index (χ0v) is 17.6. The molecule has 28 heavy (non-hydrogen) atoms. The molecule has 0 radical (unpaired) electrons. The highest BCUT2D eigenvalue weighted by Gasteiger charge is 2.26. The molecular weight excluding hydrogens is 394 g/mol. The van der Waals surface area contributed by atoms with Crippen LogP contribution in [0, 0.1) is 20.8 Å². The van der Waals surface area contributed by atoms with Gasteiger partial charge in [-0.15, -0.1) is 11.3 Å². The largest absolute Gasteiger partial charge is 0.465 e. The van der Waals surface area contributed by atoms with Gasteiger partial charge < -0.3 is 10.1 Å². The van der Waals surface area contributed by atoms with Crippen molar-refractivity contribution in [2.24, 2.45) is 0 Å². The normalized spacial score (nSPS) is 10.6. The zero-order chi connectivity index (χ0) is 20.4. The Morgan fingerprint density at radius 1 is 1.04 bits per heavy atom. The molecule has 0 unspecified atom stereocenters. The zero-order valence-electron chi connectivity index (χ0n) is 16.1. The van der Waals surface area contributed by atoms with E-state index in [0.717, 1.165) is 21.6 Å². The predicted molar refractivity (Wildman–Crippen MR) is 115 cm³/mol. The molecule has 0 saturated heterocycles. The number of halogens is 1. The van der Waals surface area contributed by atoms with E-state index in [9.17, 15) is 9.59 Å². The smallest absolute Gasteiger partial charge is 0.341 e. The van der Waals surface area contributed by atoms with Crippen molar-refractivity contribution in [3.63, 3.8) is 0 Å². The van der Waals surface area contributed by atoms with Gasteiger partial charge >= 0.3 is 5.97 Å². The summed E-state index contributed by atoms with van der Waals surface area (Å²) < 4.78 is 5.01. The third kappa shape index (κ3) is 3.81. The molecule has 3 aromatic rings. The highest BCUT2D eigenvalue weighted by Crippen LogP contribution is 2.41. The van der Waals surface area contributed by atoms with Gasteiger partial charge in [0.1, 0.15) is 10.6 Å². The third-order valence-electron chi connectivity index (χ3n) is 4.61. The second-order valence-electron chi connectivity index (χ2n) is 6.46. The van der Waals surface area contributed by atoms with Crippen LogP contribution in [-0.4, -0.2) is 19.0 Å². The Balaban J connectivity index is 2.10. The maximum Gasteiger partial charge on any atom is 0.341 e. The molecule has 0 aliphatic carbocycles. The monoisotopic (exact) mass is 413 g/mol. The molecule has 1 amide bonds. The fourth-order valence-corrected chi connectivity index (χ4v) is 4.27. The first-order valence-corrected chi connectivity index (χ1v) is 9.88. The number of amides is 1. The van der Waals surface area contributed by atoms with Crippen LogP contribution in [0.1, 0.15) is 36.7 Å². The van der Waals surface area contributed by atoms with Gasteiger partial charge in [0.25, 0.3) is 5.91 Å². The van der Waals surface area contributed by atoms with Gasteiger partial charge in [-0.3, -0.25) is 4.79 Å². The molecule has 6 heteroatoms. The van der Waals surface area contributed by atoms with Crippen molar-refractivity contribution >= 4 is 39.8 Å². The molecular formula is C22H20ClNO3S. The quantitative estimate of drug-likeness (QED) is 0.531. The molecule has 0 bridgehead atoms. The van der Waals surface area contributed by atoms with E-state index in [1.54, 1.807) is 24.3 Å². The Hall–Kier alpha value is -2.63. The highest BCUT2D eigenvalue weighted by atomic mass is 35.5. The highest BCUT2D eigenvalue weighted by molar-refractivity contribution is 7.17. The number of rotatable bonds is 4. The first-order valence-electron chi connectivity index (χ1n) is 8.68. The Morgan fingerprint density at radius 2 is 1.75 bits per heavy atom. The molecule has 0 fully saturated rings. The second-order valence-corrected chi connectivity index (χ2v) is 8.09. The number of nitrogens with one attached hydrogen (secondary N) is 1. The van der Waals surface area contributed by atoms with Crippen LogP contribution in [0.15, 0.2) is 42.5 Å². The molecule has 0 atom stereocenters. The summed E-state index contributed by atoms with van der Waals surface area (Å²) in [4.78, 5) is 26.2. The van der Waals surface area contributed by atoms with Crippen molar-refractivity contribution in [3.05, 3.63) is 74.6 Å². The van der Waals surface area contributed by atoms with Gasteiger partial charge in [-0.2, -0.15) is 0 Å². The van der Waals surface area contributed by atoms with Crippen LogP contribution < -0.4 is 5.32 Å². The molecule has 144 valence electrons. The van der Waals surface area contributed by atoms with Crippen LogP contribution in [0.4, 0.5) is 5.00 Å². The number of methoxy groups -OCH3 is 1. The number of carbonyl (C=O) groups excluding carboxylic acids is 2. The number of hydrogen-bond acceptors (Lipinski definition) is 4. The van der Waals surface area contributed by atoms with E-state index in [4.69, 9.17) is 16.3 Å². The van der Waals surface area contributed by atoms with E-state index in [-0.39, 0.29) is 5.91 Å². The van der Waals surface area contributed by atoms with Crippen molar-refractivity contribution in [3.8, 4) is 11.1 Å². The summed E-state index contributed by atoms with van der Waals surface area (Å²) in [5.41, 5.74) is 4.68. The number of hydrogen-bond donors (Lipinski definition) is 1. The van der Waals surface area contributed by atoms with Crippen molar-refractivity contribution in [2.45, 2.75) is 20.8 Å². The number of aryl methyl sites for hydroxylation is 3. The van der Waals surface area contributed by atoms with Crippen LogP contribution in [0.5, 0.6) is 0 Å². The number of benzene rings is 2. The van der Waals surface area contributed by atoms with Crippen LogP contribution in [0.25, 0.3) is 11.1 Å². The second kappa shape index (κ2) is 8.17. The molecule has 4 nitrogen and oxygen atoms in total. The third-order valence-corrected chi connectivity index (χ3v) is 5.97. The molecule has 2 aromatic carbocycles. The van der Waals surface area contributed by atoms with E-state index in [2.05, 4.69) is 5.32 Å². The Morgan fingerprint density at radius 3 is 2.39 bits per heavy atom. The Labute approximate surface area is 173 Å². The predicted octanol–water partition coefficient (Wildman–Crippen LogP) is 6.03. The summed E-state index contributed by atoms with van der Waals surface area (Å²) in [6, 6.07) is 12.8. The average Bonchev–Trinajstić information content (AvgIpc) is 2.99. The average molecular weight is 414 g/mol. The fraction of sp³-hybridized carbons (Fsp3) is 0.182. The fourth-order valence-electron chi connectivity index (χ4n) is 2.99. The SMILES string of the molecule is COC(=O)c1c(NC(=O)c2ccccc2Cl)sc(C)c1-c1ccc(C)c(C)c1.